The Kier molecular flexibility index (Phi) is 6.06. The van der Waals surface area contributed by atoms with Crippen molar-refractivity contribution in [2.75, 3.05) is 50.7 Å². The van der Waals surface area contributed by atoms with Crippen molar-refractivity contribution in [3.05, 3.63) is 42.7 Å². The van der Waals surface area contributed by atoms with Crippen molar-refractivity contribution < 1.29 is 9.21 Å². The molecule has 0 aliphatic carbocycles. The minimum atomic E-state index is 0.0435. The molecule has 0 aromatic carbocycles. The first-order valence-corrected chi connectivity index (χ1v) is 10.1. The fraction of sp³-hybridized carbons (Fsp3) is 0.550. The summed E-state index contributed by atoms with van der Waals surface area (Å²) in [5.74, 6) is 2.38. The van der Waals surface area contributed by atoms with Gasteiger partial charge in [-0.05, 0) is 37.4 Å². The van der Waals surface area contributed by atoms with Crippen LogP contribution >= 0.6 is 0 Å². The molecular weight excluding hydrogens is 356 g/mol. The lowest BCUT2D eigenvalue weighted by atomic mass is 9.98. The van der Waals surface area contributed by atoms with Gasteiger partial charge in [0, 0.05) is 51.7 Å². The van der Waals surface area contributed by atoms with Gasteiger partial charge in [-0.15, -0.1) is 0 Å². The van der Waals surface area contributed by atoms with Gasteiger partial charge in [0.25, 0.3) is 0 Å². The van der Waals surface area contributed by atoms with Gasteiger partial charge in [-0.25, -0.2) is 9.78 Å². The lowest BCUT2D eigenvalue weighted by Gasteiger charge is -2.36. The van der Waals surface area contributed by atoms with Crippen molar-refractivity contribution in [2.24, 2.45) is 5.92 Å². The molecule has 2 aliphatic rings. The summed E-state index contributed by atoms with van der Waals surface area (Å²) in [5.41, 5.74) is 0. The first-order chi connectivity index (χ1) is 13.8. The lowest BCUT2D eigenvalue weighted by molar-refractivity contribution is 0.151. The summed E-state index contributed by atoms with van der Waals surface area (Å²) in [6, 6.07) is 4.00. The number of piperidine rings is 1. The van der Waals surface area contributed by atoms with Crippen LogP contribution in [0.1, 0.15) is 18.6 Å². The first-order valence-electron chi connectivity index (χ1n) is 10.1. The number of carbonyl (C=O) groups excluding carboxylic acids is 1. The second-order valence-corrected chi connectivity index (χ2v) is 7.55. The van der Waals surface area contributed by atoms with E-state index >= 15 is 0 Å². The van der Waals surface area contributed by atoms with Crippen molar-refractivity contribution in [3.8, 4) is 0 Å². The first kappa shape index (κ1) is 18.7. The summed E-state index contributed by atoms with van der Waals surface area (Å²) < 4.78 is 5.46. The number of carbonyl (C=O) groups is 1. The Morgan fingerprint density at radius 1 is 1.21 bits per heavy atom. The van der Waals surface area contributed by atoms with Crippen molar-refractivity contribution in [1.29, 1.82) is 0 Å². The lowest BCUT2D eigenvalue weighted by Crippen LogP contribution is -2.53. The van der Waals surface area contributed by atoms with E-state index in [4.69, 9.17) is 4.42 Å². The van der Waals surface area contributed by atoms with E-state index in [0.29, 0.717) is 19.0 Å². The molecule has 8 heteroatoms. The van der Waals surface area contributed by atoms with Crippen LogP contribution in [0.2, 0.25) is 0 Å². The largest absolute Gasteiger partial charge is 0.468 e. The van der Waals surface area contributed by atoms with E-state index in [1.165, 1.54) is 0 Å². The third-order valence-electron chi connectivity index (χ3n) is 5.55. The van der Waals surface area contributed by atoms with Gasteiger partial charge >= 0.3 is 6.03 Å². The molecule has 2 amide bonds. The van der Waals surface area contributed by atoms with Gasteiger partial charge in [-0.3, -0.25) is 9.88 Å². The zero-order valence-electron chi connectivity index (χ0n) is 16.2. The topological polar surface area (TPSA) is 77.7 Å². The fourth-order valence-corrected chi connectivity index (χ4v) is 4.02. The molecule has 150 valence electrons. The van der Waals surface area contributed by atoms with E-state index in [9.17, 15) is 4.79 Å². The Hall–Kier alpha value is -2.61. The molecule has 0 radical (unpaired) electrons. The molecule has 8 nitrogen and oxygen atoms in total. The SMILES string of the molecule is O=C(NC[C@H]1CCCN(Cc2ccco2)C1)N1CCN(c2cnccn2)CC1. The van der Waals surface area contributed by atoms with Crippen LogP contribution < -0.4 is 10.2 Å². The molecule has 0 spiro atoms. The number of hydrogen-bond acceptors (Lipinski definition) is 6. The molecule has 0 unspecified atom stereocenters. The summed E-state index contributed by atoms with van der Waals surface area (Å²) in [4.78, 5) is 27.5. The van der Waals surface area contributed by atoms with E-state index in [1.54, 1.807) is 24.9 Å². The van der Waals surface area contributed by atoms with Crippen LogP contribution in [0.5, 0.6) is 0 Å². The predicted octanol–water partition coefficient (Wildman–Crippen LogP) is 1.81. The molecule has 4 heterocycles. The Morgan fingerprint density at radius 2 is 2.11 bits per heavy atom. The number of nitrogens with one attached hydrogen (secondary N) is 1. The van der Waals surface area contributed by atoms with Gasteiger partial charge in [0.1, 0.15) is 11.6 Å². The number of amides is 2. The smallest absolute Gasteiger partial charge is 0.317 e. The Morgan fingerprint density at radius 3 is 2.86 bits per heavy atom. The van der Waals surface area contributed by atoms with Crippen LogP contribution in [-0.4, -0.2) is 71.6 Å². The Balaban J connectivity index is 1.19. The van der Waals surface area contributed by atoms with Gasteiger partial charge in [-0.2, -0.15) is 0 Å². The van der Waals surface area contributed by atoms with E-state index in [1.807, 2.05) is 17.0 Å². The summed E-state index contributed by atoms with van der Waals surface area (Å²) >= 11 is 0. The molecule has 2 aliphatic heterocycles. The van der Waals surface area contributed by atoms with Crippen LogP contribution in [0.25, 0.3) is 0 Å². The van der Waals surface area contributed by atoms with Crippen LogP contribution in [0.4, 0.5) is 10.6 Å². The van der Waals surface area contributed by atoms with Crippen molar-refractivity contribution in [1.82, 2.24) is 25.1 Å². The molecule has 28 heavy (non-hydrogen) atoms. The molecule has 2 saturated heterocycles. The zero-order valence-corrected chi connectivity index (χ0v) is 16.2. The highest BCUT2D eigenvalue weighted by atomic mass is 16.3. The van der Waals surface area contributed by atoms with Crippen LogP contribution in [0.15, 0.2) is 41.4 Å². The van der Waals surface area contributed by atoms with E-state index in [2.05, 4.69) is 25.1 Å². The number of furan rings is 1. The maximum Gasteiger partial charge on any atom is 0.317 e. The third kappa shape index (κ3) is 4.81. The second-order valence-electron chi connectivity index (χ2n) is 7.55. The van der Waals surface area contributed by atoms with Crippen LogP contribution in [-0.2, 0) is 6.54 Å². The number of urea groups is 1. The maximum absolute atomic E-state index is 12.6. The average molecular weight is 384 g/mol. The number of nitrogens with zero attached hydrogens (tertiary/aromatic N) is 5. The van der Waals surface area contributed by atoms with Crippen molar-refractivity contribution >= 4 is 11.8 Å². The molecule has 1 atom stereocenters. The Labute approximate surface area is 165 Å². The molecule has 1 N–H and O–H groups in total. The van der Waals surface area contributed by atoms with E-state index in [0.717, 1.165) is 63.7 Å². The fourth-order valence-electron chi connectivity index (χ4n) is 4.02. The van der Waals surface area contributed by atoms with E-state index in [-0.39, 0.29) is 6.03 Å². The third-order valence-corrected chi connectivity index (χ3v) is 5.55. The second kappa shape index (κ2) is 9.05. The van der Waals surface area contributed by atoms with E-state index < -0.39 is 0 Å². The monoisotopic (exact) mass is 384 g/mol. The predicted molar refractivity (Wildman–Crippen MR) is 106 cm³/mol. The number of piperazine rings is 1. The van der Waals surface area contributed by atoms with Gasteiger partial charge in [0.15, 0.2) is 0 Å². The highest BCUT2D eigenvalue weighted by Crippen LogP contribution is 2.18. The highest BCUT2D eigenvalue weighted by molar-refractivity contribution is 5.74. The van der Waals surface area contributed by atoms with Gasteiger partial charge in [0.05, 0.1) is 19.0 Å². The number of rotatable bonds is 5. The number of likely N-dealkylation sites (tertiary alicyclic amines) is 1. The number of hydrogen-bond donors (Lipinski definition) is 1. The summed E-state index contributed by atoms with van der Waals surface area (Å²) in [6.07, 6.45) is 9.20. The van der Waals surface area contributed by atoms with Crippen molar-refractivity contribution in [3.63, 3.8) is 0 Å². The molecule has 2 aromatic rings. The van der Waals surface area contributed by atoms with Crippen LogP contribution in [0, 0.1) is 5.92 Å². The quantitative estimate of drug-likeness (QED) is 0.847. The standard InChI is InChI=1S/C20H28N6O2/c27-20(26-10-8-25(9-11-26)19-14-21-5-6-22-19)23-13-17-3-1-7-24(15-17)16-18-4-2-12-28-18/h2,4-6,12,14,17H,1,3,7-11,13,15-16H2,(H,23,27)/t17-/m1/s1. The molecule has 4 rings (SSSR count). The minimum absolute atomic E-state index is 0.0435. The zero-order chi connectivity index (χ0) is 19.2. The molecule has 2 aromatic heterocycles. The summed E-state index contributed by atoms with van der Waals surface area (Å²) in [5, 5.41) is 3.15. The molecular formula is C20H28N6O2. The molecule has 0 saturated carbocycles. The molecule has 2 fully saturated rings. The summed E-state index contributed by atoms with van der Waals surface area (Å²) in [6.45, 7) is 6.66. The Bertz CT molecular complexity index is 730. The minimum Gasteiger partial charge on any atom is -0.468 e. The molecule has 0 bridgehead atoms. The number of anilines is 1. The highest BCUT2D eigenvalue weighted by Gasteiger charge is 2.24. The average Bonchev–Trinajstić information content (AvgIpc) is 3.26. The number of aromatic nitrogens is 2. The van der Waals surface area contributed by atoms with Gasteiger partial charge < -0.3 is 19.5 Å². The van der Waals surface area contributed by atoms with Gasteiger partial charge in [-0.1, -0.05) is 0 Å². The van der Waals surface area contributed by atoms with Gasteiger partial charge in [0.2, 0.25) is 0 Å². The van der Waals surface area contributed by atoms with Crippen LogP contribution in [0.3, 0.4) is 0 Å². The summed E-state index contributed by atoms with van der Waals surface area (Å²) in [7, 11) is 0. The maximum atomic E-state index is 12.6. The van der Waals surface area contributed by atoms with Crippen molar-refractivity contribution in [2.45, 2.75) is 19.4 Å². The normalized spacial score (nSPS) is 20.9.